The van der Waals surface area contributed by atoms with E-state index in [4.69, 9.17) is 23.2 Å². The molecule has 7 nitrogen and oxygen atoms in total. The molecule has 0 aliphatic carbocycles. The highest BCUT2D eigenvalue weighted by molar-refractivity contribution is 7.99. The van der Waals surface area contributed by atoms with Crippen molar-refractivity contribution in [2.45, 2.75) is 51.4 Å². The fourth-order valence-electron chi connectivity index (χ4n) is 3.33. The third-order valence-electron chi connectivity index (χ3n) is 5.25. The van der Waals surface area contributed by atoms with Crippen LogP contribution in [0.15, 0.2) is 42.5 Å². The molecular formula is C24H29Cl2N3O4S. The summed E-state index contributed by atoms with van der Waals surface area (Å²) in [7, 11) is 0. The van der Waals surface area contributed by atoms with Crippen molar-refractivity contribution in [1.29, 1.82) is 0 Å². The minimum absolute atomic E-state index is 0.0208. The van der Waals surface area contributed by atoms with Gasteiger partial charge in [-0.05, 0) is 30.5 Å². The van der Waals surface area contributed by atoms with Crippen LogP contribution in [0.25, 0.3) is 0 Å². The summed E-state index contributed by atoms with van der Waals surface area (Å²) in [6.07, 6.45) is 2.25. The Hall–Kier alpha value is -2.29. The number of benzene rings is 2. The van der Waals surface area contributed by atoms with Crippen molar-refractivity contribution in [2.24, 2.45) is 0 Å². The minimum Gasteiger partial charge on any atom is -0.354 e. The van der Waals surface area contributed by atoms with Gasteiger partial charge >= 0.3 is 0 Å². The third-order valence-corrected chi connectivity index (χ3v) is 6.94. The Kier molecular flexibility index (Phi) is 11.7. The number of hydrogen-bond acceptors (Lipinski definition) is 5. The maximum atomic E-state index is 13.3. The monoisotopic (exact) mass is 525 g/mol. The number of carbonyl (C=O) groups is 2. The first-order chi connectivity index (χ1) is 16.3. The number of non-ortho nitro benzene ring substituents is 1. The summed E-state index contributed by atoms with van der Waals surface area (Å²) in [6.45, 7) is 4.58. The number of carbonyl (C=O) groups excluding carboxylic acids is 2. The van der Waals surface area contributed by atoms with Crippen molar-refractivity contribution in [2.75, 3.05) is 12.3 Å². The van der Waals surface area contributed by atoms with Gasteiger partial charge in [0.15, 0.2) is 0 Å². The number of rotatable bonds is 13. The zero-order valence-electron chi connectivity index (χ0n) is 19.3. The van der Waals surface area contributed by atoms with E-state index < -0.39 is 11.0 Å². The van der Waals surface area contributed by atoms with E-state index in [1.807, 2.05) is 13.8 Å². The van der Waals surface area contributed by atoms with E-state index in [-0.39, 0.29) is 29.8 Å². The van der Waals surface area contributed by atoms with E-state index in [0.717, 1.165) is 18.4 Å². The molecule has 184 valence electrons. The van der Waals surface area contributed by atoms with Crippen LogP contribution in [0.3, 0.4) is 0 Å². The lowest BCUT2D eigenvalue weighted by Crippen LogP contribution is -2.49. The predicted octanol–water partition coefficient (Wildman–Crippen LogP) is 5.86. The molecule has 0 aliphatic heterocycles. The predicted molar refractivity (Wildman–Crippen MR) is 138 cm³/mol. The Morgan fingerprint density at radius 3 is 2.32 bits per heavy atom. The molecule has 0 aromatic heterocycles. The van der Waals surface area contributed by atoms with Crippen LogP contribution in [-0.2, 0) is 21.9 Å². The van der Waals surface area contributed by atoms with E-state index >= 15 is 0 Å². The summed E-state index contributed by atoms with van der Waals surface area (Å²) in [5.41, 5.74) is 1.49. The van der Waals surface area contributed by atoms with Crippen LogP contribution in [0, 0.1) is 10.1 Å². The summed E-state index contributed by atoms with van der Waals surface area (Å²) < 4.78 is 0. The Morgan fingerprint density at radius 1 is 1.12 bits per heavy atom. The number of nitrogens with zero attached hydrogens (tertiary/aromatic N) is 2. The standard InChI is InChI=1S/C24H29Cl2N3O4S/c1-3-5-13-27-24(31)22(4-2)28(14-19-20(25)7-6-8-21(19)26)23(30)16-34-15-17-9-11-18(12-10-17)29(32)33/h6-12,22H,3-5,13-16H2,1-2H3,(H,27,31)/t22-/m1/s1. The smallest absolute Gasteiger partial charge is 0.269 e. The Bertz CT molecular complexity index is 968. The fourth-order valence-corrected chi connectivity index (χ4v) is 4.72. The van der Waals surface area contributed by atoms with E-state index in [1.165, 1.54) is 28.8 Å². The number of halogens is 2. The summed E-state index contributed by atoms with van der Waals surface area (Å²) in [5, 5.41) is 14.6. The van der Waals surface area contributed by atoms with Crippen LogP contribution < -0.4 is 5.32 Å². The highest BCUT2D eigenvalue weighted by atomic mass is 35.5. The maximum Gasteiger partial charge on any atom is 0.269 e. The van der Waals surface area contributed by atoms with Crippen molar-refractivity contribution < 1.29 is 14.5 Å². The summed E-state index contributed by atoms with van der Waals surface area (Å²) in [5.74, 6) is 0.232. The number of nitrogens with one attached hydrogen (secondary N) is 1. The summed E-state index contributed by atoms with van der Waals surface area (Å²) >= 11 is 14.1. The molecule has 0 radical (unpaired) electrons. The Morgan fingerprint density at radius 2 is 1.76 bits per heavy atom. The average molecular weight is 526 g/mol. The summed E-state index contributed by atoms with van der Waals surface area (Å²) in [6, 6.07) is 10.7. The van der Waals surface area contributed by atoms with Gasteiger partial charge in [-0.2, -0.15) is 0 Å². The fraction of sp³-hybridized carbons (Fsp3) is 0.417. The Balaban J connectivity index is 2.15. The lowest BCUT2D eigenvalue weighted by atomic mass is 10.1. The van der Waals surface area contributed by atoms with Gasteiger partial charge in [0.1, 0.15) is 6.04 Å². The molecule has 0 unspecified atom stereocenters. The van der Waals surface area contributed by atoms with Crippen LogP contribution in [0.5, 0.6) is 0 Å². The number of nitro groups is 1. The number of thioether (sulfide) groups is 1. The molecule has 0 spiro atoms. The normalized spacial score (nSPS) is 11.6. The average Bonchev–Trinajstić information content (AvgIpc) is 2.81. The molecule has 0 saturated heterocycles. The summed E-state index contributed by atoms with van der Waals surface area (Å²) in [4.78, 5) is 38.1. The van der Waals surface area contributed by atoms with Crippen LogP contribution in [0.2, 0.25) is 10.0 Å². The zero-order chi connectivity index (χ0) is 25.1. The van der Waals surface area contributed by atoms with Gasteiger partial charge in [-0.15, -0.1) is 11.8 Å². The van der Waals surface area contributed by atoms with Crippen LogP contribution in [0.1, 0.15) is 44.2 Å². The largest absolute Gasteiger partial charge is 0.354 e. The topological polar surface area (TPSA) is 92.6 Å². The van der Waals surface area contributed by atoms with E-state index in [0.29, 0.717) is 34.3 Å². The minimum atomic E-state index is -0.656. The second-order valence-corrected chi connectivity index (χ2v) is 9.51. The second kappa shape index (κ2) is 14.2. The SMILES string of the molecule is CCCCNC(=O)[C@@H](CC)N(Cc1c(Cl)cccc1Cl)C(=O)CSCc1ccc([N+](=O)[O-])cc1. The van der Waals surface area contributed by atoms with E-state index in [1.54, 1.807) is 30.3 Å². The van der Waals surface area contributed by atoms with Gasteiger partial charge in [0.05, 0.1) is 10.7 Å². The molecule has 1 N–H and O–H groups in total. The van der Waals surface area contributed by atoms with Crippen molar-refractivity contribution in [1.82, 2.24) is 10.2 Å². The van der Waals surface area contributed by atoms with Crippen molar-refractivity contribution in [3.63, 3.8) is 0 Å². The molecule has 1 atom stereocenters. The zero-order valence-corrected chi connectivity index (χ0v) is 21.6. The molecule has 0 heterocycles. The maximum absolute atomic E-state index is 13.3. The molecule has 10 heteroatoms. The van der Waals surface area contributed by atoms with Gasteiger partial charge in [-0.25, -0.2) is 0 Å². The molecule has 2 rings (SSSR count). The molecule has 0 fully saturated rings. The quantitative estimate of drug-likeness (QED) is 0.201. The van der Waals surface area contributed by atoms with Crippen molar-refractivity contribution >= 4 is 52.5 Å². The first-order valence-corrected chi connectivity index (χ1v) is 13.0. The van der Waals surface area contributed by atoms with Crippen LogP contribution in [0.4, 0.5) is 5.69 Å². The van der Waals surface area contributed by atoms with Gasteiger partial charge < -0.3 is 10.2 Å². The van der Waals surface area contributed by atoms with Crippen molar-refractivity contribution in [3.05, 3.63) is 73.8 Å². The molecule has 2 amide bonds. The van der Waals surface area contributed by atoms with Gasteiger partial charge in [0.25, 0.3) is 5.69 Å². The molecular weight excluding hydrogens is 497 g/mol. The van der Waals surface area contributed by atoms with Crippen LogP contribution in [-0.4, -0.2) is 40.0 Å². The second-order valence-electron chi connectivity index (χ2n) is 7.71. The van der Waals surface area contributed by atoms with E-state index in [9.17, 15) is 19.7 Å². The lowest BCUT2D eigenvalue weighted by Gasteiger charge is -2.31. The highest BCUT2D eigenvalue weighted by Crippen LogP contribution is 2.27. The molecule has 2 aromatic rings. The van der Waals surface area contributed by atoms with Crippen molar-refractivity contribution in [3.8, 4) is 0 Å². The number of hydrogen-bond donors (Lipinski definition) is 1. The van der Waals surface area contributed by atoms with Crippen LogP contribution >= 0.6 is 35.0 Å². The molecule has 2 aromatic carbocycles. The van der Waals surface area contributed by atoms with Gasteiger partial charge in [-0.1, -0.05) is 61.7 Å². The first kappa shape index (κ1) is 28.0. The number of unbranched alkanes of at least 4 members (excludes halogenated alkanes) is 1. The molecule has 0 aliphatic rings. The first-order valence-electron chi connectivity index (χ1n) is 11.1. The Labute approximate surface area is 214 Å². The third kappa shape index (κ3) is 8.18. The van der Waals surface area contributed by atoms with Gasteiger partial charge in [0.2, 0.25) is 11.8 Å². The number of amides is 2. The van der Waals surface area contributed by atoms with Gasteiger partial charge in [-0.3, -0.25) is 19.7 Å². The van der Waals surface area contributed by atoms with Gasteiger partial charge in [0, 0.05) is 46.6 Å². The molecule has 0 saturated carbocycles. The molecule has 34 heavy (non-hydrogen) atoms. The number of nitro benzene ring substituents is 1. The lowest BCUT2D eigenvalue weighted by molar-refractivity contribution is -0.384. The molecule has 0 bridgehead atoms. The highest BCUT2D eigenvalue weighted by Gasteiger charge is 2.29. The van der Waals surface area contributed by atoms with E-state index in [2.05, 4.69) is 5.32 Å².